The highest BCUT2D eigenvalue weighted by atomic mass is 32.1. The number of esters is 1. The first-order valence-corrected chi connectivity index (χ1v) is 23.9. The Bertz CT molecular complexity index is 2440. The summed E-state index contributed by atoms with van der Waals surface area (Å²) in [6, 6.07) is 7.50. The van der Waals surface area contributed by atoms with Gasteiger partial charge < -0.3 is 38.8 Å². The zero-order valence-electron chi connectivity index (χ0n) is 41.3. The van der Waals surface area contributed by atoms with Crippen molar-refractivity contribution >= 4 is 100 Å². The summed E-state index contributed by atoms with van der Waals surface area (Å²) in [5, 5.41) is 8.20. The van der Waals surface area contributed by atoms with Crippen LogP contribution < -0.4 is 10.7 Å². The number of urea groups is 1. The Balaban J connectivity index is 0.00000259. The molecule has 7 heterocycles. The van der Waals surface area contributed by atoms with Gasteiger partial charge in [0.25, 0.3) is 5.91 Å². The molecule has 4 aromatic rings. The van der Waals surface area contributed by atoms with Crippen molar-refractivity contribution < 1.29 is 33.4 Å². The number of thiazole rings is 1. The van der Waals surface area contributed by atoms with Crippen LogP contribution in [0.15, 0.2) is 41.9 Å². The average Bonchev–Trinajstić information content (AvgIpc) is 3.87. The molecule has 3 saturated heterocycles. The molecule has 4 aliphatic rings. The molecule has 69 heavy (non-hydrogen) atoms. The van der Waals surface area contributed by atoms with E-state index in [0.29, 0.717) is 57.1 Å². The van der Waals surface area contributed by atoms with Crippen LogP contribution in [0, 0.1) is 11.3 Å². The molecule has 16 nitrogen and oxygen atoms in total. The normalized spacial score (nSPS) is 21.0. The number of cyclic esters (lactones) is 1. The Kier molecular flexibility index (Phi) is 20.0. The van der Waals surface area contributed by atoms with Gasteiger partial charge in [-0.3, -0.25) is 24.4 Å². The predicted octanol–water partition coefficient (Wildman–Crippen LogP) is 5.75. The topological polar surface area (TPSA) is 164 Å². The molecule has 0 unspecified atom stereocenters. The van der Waals surface area contributed by atoms with E-state index in [9.17, 15) is 19.2 Å². The number of carbonyl (C=O) groups excluding carboxylic acids is 4. The van der Waals surface area contributed by atoms with E-state index in [-0.39, 0.29) is 85.1 Å². The number of rotatable bonds is 8. The van der Waals surface area contributed by atoms with Gasteiger partial charge in [0.05, 0.1) is 54.5 Å². The molecule has 4 atom stereocenters. The van der Waals surface area contributed by atoms with Gasteiger partial charge in [-0.2, -0.15) is 54.0 Å². The van der Waals surface area contributed by atoms with E-state index in [1.807, 2.05) is 39.3 Å². The second-order valence-electron chi connectivity index (χ2n) is 19.5. The Morgan fingerprint density at radius 2 is 1.81 bits per heavy atom. The van der Waals surface area contributed by atoms with Gasteiger partial charge in [0.1, 0.15) is 23.7 Å². The van der Waals surface area contributed by atoms with E-state index in [1.165, 1.54) is 21.2 Å². The monoisotopic (exact) mass is 1050 g/mol. The molecule has 0 radical (unpaired) electrons. The molecule has 3 aromatic heterocycles. The third-order valence-corrected chi connectivity index (χ3v) is 14.3. The number of nitrogens with zero attached hydrogens (tertiary/aromatic N) is 7. The zero-order valence-corrected chi connectivity index (χ0v) is 46.1. The van der Waals surface area contributed by atoms with Gasteiger partial charge in [-0.05, 0) is 75.9 Å². The Labute approximate surface area is 438 Å². The smallest absolute Gasteiger partial charge is 0.324 e. The van der Waals surface area contributed by atoms with Crippen molar-refractivity contribution in [1.82, 2.24) is 45.0 Å². The van der Waals surface area contributed by atoms with Crippen molar-refractivity contribution in [2.45, 2.75) is 104 Å². The lowest BCUT2D eigenvalue weighted by Gasteiger charge is -2.54. The van der Waals surface area contributed by atoms with Crippen molar-refractivity contribution in [3.8, 4) is 22.5 Å². The highest BCUT2D eigenvalue weighted by Crippen LogP contribution is 2.42. The van der Waals surface area contributed by atoms with Gasteiger partial charge >= 0.3 is 12.0 Å². The third-order valence-electron chi connectivity index (χ3n) is 13.4. The SMILES string of the molecule is CCn1c(-c2cccnc2[C@H](C)OC)c2c3cc(ccc31)-c1csc(n1)C[C@H](NC(=O)[C@H](C(C)C)N(C)C(=O)N1CC3(CN(C)CCO3)C1)C(=O)N1CCC[C@H](N1)C(=O)OCC(C)(C)C2.S.S.S.S. The van der Waals surface area contributed by atoms with Crippen molar-refractivity contribution in [3.05, 3.63) is 58.2 Å². The number of hydrazine groups is 1. The van der Waals surface area contributed by atoms with Crippen LogP contribution in [0.25, 0.3) is 33.4 Å². The highest BCUT2D eigenvalue weighted by molar-refractivity contribution is 7.59. The number of methoxy groups -OCH3 is 1. The number of fused-ring (bicyclic) bond motifs is 6. The fourth-order valence-corrected chi connectivity index (χ4v) is 10.9. The lowest BCUT2D eigenvalue weighted by Crippen LogP contribution is -2.72. The Morgan fingerprint density at radius 3 is 2.49 bits per heavy atom. The fraction of sp³-hybridized carbons (Fsp3) is 0.583. The lowest BCUT2D eigenvalue weighted by molar-refractivity contribution is -0.169. The first-order chi connectivity index (χ1) is 31.0. The molecule has 0 saturated carbocycles. The molecule has 3 fully saturated rings. The summed E-state index contributed by atoms with van der Waals surface area (Å²) in [6.07, 6.45) is 3.27. The van der Waals surface area contributed by atoms with E-state index >= 15 is 0 Å². The molecule has 1 spiro atoms. The van der Waals surface area contributed by atoms with Crippen LogP contribution in [0.4, 0.5) is 4.79 Å². The van der Waals surface area contributed by atoms with Crippen LogP contribution in [-0.2, 0) is 48.0 Å². The number of aryl methyl sites for hydroxylation is 1. The van der Waals surface area contributed by atoms with E-state index in [4.69, 9.17) is 24.2 Å². The number of likely N-dealkylation sites (N-methyl/N-ethyl adjacent to an activating group) is 2. The molecule has 4 amide bonds. The molecule has 8 rings (SSSR count). The standard InChI is InChI=1S/C48H65N9O7S.4H2S/c1-10-56-38-16-15-31-21-33(38)34(42(56)32-13-11-17-49-40(32)30(4)62-9)23-47(5,6)28-63-45(60)35-14-12-18-57(52-35)44(59)36(22-39-50-37(31)24-65-39)51-43(58)41(29(2)3)54(8)46(61)55-26-48(27-55)25-53(7)19-20-64-48;;;;/h11,13,15-17,21,24,29-30,35-36,41,52H,10,12,14,18-20,22-23,25-28H2,1-9H3,(H,51,58);4*1H2/t30-,35-,36-,41-;;;;/m0..../s1. The van der Waals surface area contributed by atoms with Crippen LogP contribution in [-0.4, -0.2) is 149 Å². The number of aromatic nitrogens is 3. The second-order valence-corrected chi connectivity index (χ2v) is 20.4. The summed E-state index contributed by atoms with van der Waals surface area (Å²) in [5.74, 6) is -1.56. The number of ether oxygens (including phenoxy) is 3. The first-order valence-electron chi connectivity index (χ1n) is 23.0. The zero-order chi connectivity index (χ0) is 46.4. The van der Waals surface area contributed by atoms with E-state index in [1.54, 1.807) is 25.3 Å². The molecule has 4 aliphatic heterocycles. The molecule has 382 valence electrons. The molecular formula is C48H73N9O7S5. The number of pyridine rings is 1. The molecule has 0 aliphatic carbocycles. The summed E-state index contributed by atoms with van der Waals surface area (Å²) in [4.78, 5) is 72.2. The second kappa shape index (κ2) is 23.8. The maximum absolute atomic E-state index is 14.6. The number of hydrogen-bond acceptors (Lipinski definition) is 12. The van der Waals surface area contributed by atoms with Crippen LogP contribution in [0.3, 0.4) is 0 Å². The minimum atomic E-state index is -1.05. The van der Waals surface area contributed by atoms with Crippen molar-refractivity contribution in [3.63, 3.8) is 0 Å². The average molecular weight is 1050 g/mol. The number of hydrogen-bond donors (Lipinski definition) is 2. The number of nitrogens with one attached hydrogen (secondary N) is 2. The number of carbonyl (C=O) groups is 4. The van der Waals surface area contributed by atoms with Crippen molar-refractivity contribution in [2.24, 2.45) is 11.3 Å². The number of likely N-dealkylation sites (tertiary alicyclic amines) is 1. The Hall–Kier alpha value is -3.54. The van der Waals surface area contributed by atoms with Gasteiger partial charge in [-0.1, -0.05) is 33.8 Å². The fourth-order valence-electron chi connectivity index (χ4n) is 10.1. The van der Waals surface area contributed by atoms with Gasteiger partial charge in [0.15, 0.2) is 0 Å². The van der Waals surface area contributed by atoms with Crippen LogP contribution in [0.5, 0.6) is 0 Å². The number of benzene rings is 1. The van der Waals surface area contributed by atoms with Gasteiger partial charge in [0.2, 0.25) is 5.91 Å². The van der Waals surface area contributed by atoms with Crippen molar-refractivity contribution in [2.75, 3.05) is 67.1 Å². The maximum atomic E-state index is 14.6. The number of morpholine rings is 1. The highest BCUT2D eigenvalue weighted by Gasteiger charge is 2.50. The van der Waals surface area contributed by atoms with Crippen LogP contribution >= 0.6 is 65.3 Å². The van der Waals surface area contributed by atoms with Crippen LogP contribution in [0.1, 0.15) is 76.8 Å². The molecule has 1 aromatic carbocycles. The third kappa shape index (κ3) is 12.1. The van der Waals surface area contributed by atoms with E-state index in [2.05, 4.69) is 65.2 Å². The summed E-state index contributed by atoms with van der Waals surface area (Å²) in [6.45, 7) is 16.4. The minimum Gasteiger partial charge on any atom is -0.464 e. The predicted molar refractivity (Wildman–Crippen MR) is 290 cm³/mol. The van der Waals surface area contributed by atoms with Gasteiger partial charge in [-0.25, -0.2) is 15.2 Å². The van der Waals surface area contributed by atoms with E-state index in [0.717, 1.165) is 57.8 Å². The quantitative estimate of drug-likeness (QED) is 0.207. The molecule has 2 N–H and O–H groups in total. The van der Waals surface area contributed by atoms with Gasteiger partial charge in [-0.15, -0.1) is 11.3 Å². The largest absolute Gasteiger partial charge is 0.464 e. The van der Waals surface area contributed by atoms with E-state index < -0.39 is 46.9 Å². The number of amides is 4. The minimum absolute atomic E-state index is 0. The maximum Gasteiger partial charge on any atom is 0.324 e. The van der Waals surface area contributed by atoms with Crippen LogP contribution in [0.2, 0.25) is 0 Å². The first kappa shape index (κ1) is 58.0. The summed E-state index contributed by atoms with van der Waals surface area (Å²) in [5.41, 5.74) is 8.98. The summed E-state index contributed by atoms with van der Waals surface area (Å²) in [7, 11) is 5.38. The van der Waals surface area contributed by atoms with Crippen molar-refractivity contribution in [1.29, 1.82) is 0 Å². The summed E-state index contributed by atoms with van der Waals surface area (Å²) < 4.78 is 20.4. The summed E-state index contributed by atoms with van der Waals surface area (Å²) >= 11 is 1.43. The lowest BCUT2D eigenvalue weighted by atomic mass is 9.84. The molecule has 6 bridgehead atoms. The van der Waals surface area contributed by atoms with Gasteiger partial charge in [0, 0.05) is 85.8 Å². The molecule has 21 heteroatoms. The molecular weight excluding hydrogens is 975 g/mol. The Morgan fingerprint density at radius 1 is 1.07 bits per heavy atom.